The van der Waals surface area contributed by atoms with Crippen LogP contribution in [0.3, 0.4) is 0 Å². The largest absolute Gasteiger partial charge is 0.458 e. The fourth-order valence-corrected chi connectivity index (χ4v) is 1.28. The normalized spacial score (nSPS) is 30.0. The summed E-state index contributed by atoms with van der Waals surface area (Å²) >= 11 is 5.79. The summed E-state index contributed by atoms with van der Waals surface area (Å²) in [4.78, 5) is 10.5. The van der Waals surface area contributed by atoms with Crippen LogP contribution in [-0.4, -0.2) is 17.5 Å². The van der Waals surface area contributed by atoms with Crippen LogP contribution in [0.1, 0.15) is 19.8 Å². The quantitative estimate of drug-likeness (QED) is 0.345. The van der Waals surface area contributed by atoms with Crippen LogP contribution in [0, 0.1) is 0 Å². The van der Waals surface area contributed by atoms with Crippen LogP contribution >= 0.6 is 11.6 Å². The number of esters is 1. The first-order valence-electron chi connectivity index (χ1n) is 3.68. The lowest BCUT2D eigenvalue weighted by atomic mass is 10.1. The maximum atomic E-state index is 10.5. The van der Waals surface area contributed by atoms with E-state index in [0.717, 1.165) is 12.8 Å². The second kappa shape index (κ2) is 3.77. The first-order chi connectivity index (χ1) is 5.18. The van der Waals surface area contributed by atoms with E-state index < -0.39 is 0 Å². The van der Waals surface area contributed by atoms with Crippen molar-refractivity contribution in [2.24, 2.45) is 0 Å². The summed E-state index contributed by atoms with van der Waals surface area (Å²) in [5.41, 5.74) is 0. The number of carbonyl (C=O) groups is 1. The molecular formula is C8H11ClO2. The Bertz CT molecular complexity index is 177. The molecule has 62 valence electrons. The molecule has 0 saturated heterocycles. The fraction of sp³-hybridized carbons (Fsp3) is 0.625. The molecule has 0 aromatic carbocycles. The molecule has 0 bridgehead atoms. The van der Waals surface area contributed by atoms with Gasteiger partial charge in [-0.3, -0.25) is 4.79 Å². The molecule has 0 heterocycles. The molecule has 1 aliphatic rings. The van der Waals surface area contributed by atoms with Crippen molar-refractivity contribution in [1.29, 1.82) is 0 Å². The second-order valence-corrected chi connectivity index (χ2v) is 3.19. The summed E-state index contributed by atoms with van der Waals surface area (Å²) in [5, 5.41) is 0.113. The minimum Gasteiger partial charge on any atom is -0.458 e. The van der Waals surface area contributed by atoms with Crippen LogP contribution in [0.25, 0.3) is 0 Å². The first-order valence-corrected chi connectivity index (χ1v) is 4.12. The van der Waals surface area contributed by atoms with Gasteiger partial charge in [-0.05, 0) is 18.9 Å². The zero-order valence-electron chi connectivity index (χ0n) is 6.42. The van der Waals surface area contributed by atoms with Crippen LogP contribution in [-0.2, 0) is 9.53 Å². The highest BCUT2D eigenvalue weighted by Gasteiger charge is 2.15. The number of hydrogen-bond acceptors (Lipinski definition) is 2. The third-order valence-electron chi connectivity index (χ3n) is 1.58. The van der Waals surface area contributed by atoms with Crippen molar-refractivity contribution < 1.29 is 9.53 Å². The van der Waals surface area contributed by atoms with E-state index in [9.17, 15) is 4.79 Å². The summed E-state index contributed by atoms with van der Waals surface area (Å²) in [6.45, 7) is 1.42. The standard InChI is InChI=1S/C8H11ClO2/c1-6(10)11-8-4-2-7(9)3-5-8/h2,4,7-8H,3,5H2,1H3. The van der Waals surface area contributed by atoms with Gasteiger partial charge in [0.25, 0.3) is 0 Å². The Morgan fingerprint density at radius 2 is 2.27 bits per heavy atom. The van der Waals surface area contributed by atoms with Crippen LogP contribution in [0.15, 0.2) is 12.2 Å². The Kier molecular flexibility index (Phi) is 2.94. The molecule has 0 radical (unpaired) electrons. The van der Waals surface area contributed by atoms with Crippen LogP contribution in [0.4, 0.5) is 0 Å². The first kappa shape index (κ1) is 8.60. The van der Waals surface area contributed by atoms with Gasteiger partial charge in [-0.25, -0.2) is 0 Å². The molecule has 0 saturated carbocycles. The Morgan fingerprint density at radius 3 is 2.73 bits per heavy atom. The lowest BCUT2D eigenvalue weighted by Gasteiger charge is -2.18. The molecule has 2 atom stereocenters. The predicted octanol–water partition coefficient (Wildman–Crippen LogP) is 1.88. The van der Waals surface area contributed by atoms with E-state index in [1.165, 1.54) is 6.92 Å². The summed E-state index contributed by atoms with van der Waals surface area (Å²) in [6.07, 6.45) is 5.39. The zero-order chi connectivity index (χ0) is 8.27. The lowest BCUT2D eigenvalue weighted by molar-refractivity contribution is -0.144. The molecule has 2 nitrogen and oxygen atoms in total. The van der Waals surface area contributed by atoms with Crippen molar-refractivity contribution in [2.75, 3.05) is 0 Å². The highest BCUT2D eigenvalue weighted by molar-refractivity contribution is 6.21. The Morgan fingerprint density at radius 1 is 1.55 bits per heavy atom. The average molecular weight is 175 g/mol. The van der Waals surface area contributed by atoms with E-state index in [0.29, 0.717) is 0 Å². The lowest BCUT2D eigenvalue weighted by Crippen LogP contribution is -2.18. The van der Waals surface area contributed by atoms with Gasteiger partial charge in [0.15, 0.2) is 0 Å². The van der Waals surface area contributed by atoms with Gasteiger partial charge in [-0.2, -0.15) is 0 Å². The number of ether oxygens (including phenoxy) is 1. The van der Waals surface area contributed by atoms with Gasteiger partial charge in [0, 0.05) is 6.92 Å². The molecule has 0 aromatic rings. The number of halogens is 1. The molecule has 0 spiro atoms. The smallest absolute Gasteiger partial charge is 0.303 e. The van der Waals surface area contributed by atoms with Crippen molar-refractivity contribution in [1.82, 2.24) is 0 Å². The molecule has 1 aliphatic carbocycles. The van der Waals surface area contributed by atoms with E-state index in [4.69, 9.17) is 16.3 Å². The van der Waals surface area contributed by atoms with Gasteiger partial charge >= 0.3 is 5.97 Å². The molecule has 11 heavy (non-hydrogen) atoms. The minimum atomic E-state index is -0.229. The van der Waals surface area contributed by atoms with Gasteiger partial charge in [0.05, 0.1) is 5.38 Å². The Balaban J connectivity index is 2.38. The van der Waals surface area contributed by atoms with Crippen molar-refractivity contribution in [3.8, 4) is 0 Å². The Hall–Kier alpha value is -0.500. The summed E-state index contributed by atoms with van der Waals surface area (Å²) in [5.74, 6) is -0.229. The van der Waals surface area contributed by atoms with Gasteiger partial charge in [0.2, 0.25) is 0 Å². The maximum absolute atomic E-state index is 10.5. The molecule has 0 amide bonds. The van der Waals surface area contributed by atoms with Crippen molar-refractivity contribution in [3.63, 3.8) is 0 Å². The highest BCUT2D eigenvalue weighted by Crippen LogP contribution is 2.18. The van der Waals surface area contributed by atoms with E-state index in [1.54, 1.807) is 0 Å². The SMILES string of the molecule is CC(=O)OC1C=CC(Cl)CC1. The van der Waals surface area contributed by atoms with E-state index in [2.05, 4.69) is 0 Å². The molecule has 0 fully saturated rings. The van der Waals surface area contributed by atoms with Crippen LogP contribution in [0.2, 0.25) is 0 Å². The van der Waals surface area contributed by atoms with Gasteiger partial charge < -0.3 is 4.74 Å². The van der Waals surface area contributed by atoms with E-state index in [1.807, 2.05) is 12.2 Å². The summed E-state index contributed by atoms with van der Waals surface area (Å²) < 4.78 is 4.96. The average Bonchev–Trinajstić information content (AvgIpc) is 1.93. The topological polar surface area (TPSA) is 26.3 Å². The van der Waals surface area contributed by atoms with Crippen LogP contribution < -0.4 is 0 Å². The monoisotopic (exact) mass is 174 g/mol. The molecule has 1 rings (SSSR count). The number of carbonyl (C=O) groups excluding carboxylic acids is 1. The van der Waals surface area contributed by atoms with E-state index >= 15 is 0 Å². The molecular weight excluding hydrogens is 164 g/mol. The van der Waals surface area contributed by atoms with Crippen molar-refractivity contribution in [2.45, 2.75) is 31.2 Å². The molecule has 0 aliphatic heterocycles. The summed E-state index contributed by atoms with van der Waals surface area (Å²) in [6, 6.07) is 0. The third-order valence-corrected chi connectivity index (χ3v) is 1.94. The third kappa shape index (κ3) is 2.93. The van der Waals surface area contributed by atoms with Gasteiger partial charge in [-0.15, -0.1) is 11.6 Å². The molecule has 3 heteroatoms. The molecule has 2 unspecified atom stereocenters. The van der Waals surface area contributed by atoms with Crippen LogP contribution in [0.5, 0.6) is 0 Å². The Labute approximate surface area is 71.2 Å². The highest BCUT2D eigenvalue weighted by atomic mass is 35.5. The second-order valence-electron chi connectivity index (χ2n) is 2.63. The van der Waals surface area contributed by atoms with Crippen molar-refractivity contribution in [3.05, 3.63) is 12.2 Å². The number of allylic oxidation sites excluding steroid dienone is 1. The molecule has 0 aromatic heterocycles. The van der Waals surface area contributed by atoms with Gasteiger partial charge in [0.1, 0.15) is 6.10 Å². The summed E-state index contributed by atoms with van der Waals surface area (Å²) in [7, 11) is 0. The van der Waals surface area contributed by atoms with Crippen molar-refractivity contribution >= 4 is 17.6 Å². The number of rotatable bonds is 1. The van der Waals surface area contributed by atoms with E-state index in [-0.39, 0.29) is 17.5 Å². The zero-order valence-corrected chi connectivity index (χ0v) is 7.17. The predicted molar refractivity (Wildman–Crippen MR) is 43.6 cm³/mol. The number of alkyl halides is 1. The molecule has 0 N–H and O–H groups in total. The minimum absolute atomic E-state index is 0.0532. The fourth-order valence-electron chi connectivity index (χ4n) is 1.07. The van der Waals surface area contributed by atoms with Gasteiger partial charge in [-0.1, -0.05) is 6.08 Å². The number of hydrogen-bond donors (Lipinski definition) is 0. The maximum Gasteiger partial charge on any atom is 0.303 e.